The summed E-state index contributed by atoms with van der Waals surface area (Å²) in [5.41, 5.74) is -2.35. The van der Waals surface area contributed by atoms with Gasteiger partial charge in [0.1, 0.15) is 0 Å². The first-order valence-corrected chi connectivity index (χ1v) is 8.08. The second kappa shape index (κ2) is 5.16. The molecule has 1 unspecified atom stereocenters. The molecule has 2 aromatic carbocycles. The molecule has 1 atom stereocenters. The zero-order chi connectivity index (χ0) is 17.9. The van der Waals surface area contributed by atoms with Gasteiger partial charge in [0.15, 0.2) is 0 Å². The monoisotopic (exact) mass is 355 g/mol. The van der Waals surface area contributed by atoms with E-state index in [1.807, 2.05) is 0 Å². The van der Waals surface area contributed by atoms with Crippen molar-refractivity contribution in [3.05, 3.63) is 77.8 Å². The van der Waals surface area contributed by atoms with Gasteiger partial charge in [-0.25, -0.2) is 4.57 Å². The van der Waals surface area contributed by atoms with Gasteiger partial charge in [-0.1, -0.05) is 0 Å². The third kappa shape index (κ3) is 2.13. The molecule has 9 heteroatoms. The van der Waals surface area contributed by atoms with Gasteiger partial charge in [0.2, 0.25) is 0 Å². The molecule has 0 amide bonds. The number of nitrogens with one attached hydrogen (secondary N) is 1. The highest BCUT2D eigenvalue weighted by molar-refractivity contribution is 7.79. The van der Waals surface area contributed by atoms with Crippen LogP contribution in [-0.4, -0.2) is 18.3 Å². The number of nitrogens with zero attached hydrogens (tertiary/aromatic N) is 1. The van der Waals surface area contributed by atoms with E-state index in [0.717, 1.165) is 4.57 Å². The molecule has 0 aliphatic heterocycles. The summed E-state index contributed by atoms with van der Waals surface area (Å²) in [7, 11) is 0. The Hall–Kier alpha value is -3.17. The zero-order valence-corrected chi connectivity index (χ0v) is 13.1. The largest absolute Gasteiger partial charge is 0.768 e. The molecule has 25 heavy (non-hydrogen) atoms. The summed E-state index contributed by atoms with van der Waals surface area (Å²) in [5.74, 6) is 0. The minimum absolute atomic E-state index is 0.0154. The van der Waals surface area contributed by atoms with Gasteiger partial charge in [0.05, 0.1) is 27.2 Å². The van der Waals surface area contributed by atoms with E-state index in [1.54, 1.807) is 0 Å². The van der Waals surface area contributed by atoms with E-state index in [0.29, 0.717) is 0 Å². The lowest BCUT2D eigenvalue weighted by Gasteiger charge is -2.06. The molecule has 1 N–H and O–H groups in total. The molecule has 0 spiro atoms. The fourth-order valence-electron chi connectivity index (χ4n) is 2.84. The summed E-state index contributed by atoms with van der Waals surface area (Å²) in [6.07, 6.45) is 0. The maximum absolute atomic E-state index is 12.6. The van der Waals surface area contributed by atoms with Crippen LogP contribution in [0.2, 0.25) is 0 Å². The minimum Gasteiger partial charge on any atom is -0.768 e. The second-order valence-electron chi connectivity index (χ2n) is 5.40. The van der Waals surface area contributed by atoms with Crippen molar-refractivity contribution in [1.29, 1.82) is 0 Å². The van der Waals surface area contributed by atoms with Crippen molar-refractivity contribution >= 4 is 32.6 Å². The van der Waals surface area contributed by atoms with Gasteiger partial charge in [-0.3, -0.25) is 28.4 Å². The lowest BCUT2D eigenvalue weighted by atomic mass is 10.1. The van der Waals surface area contributed by atoms with Crippen molar-refractivity contribution in [1.82, 2.24) is 9.55 Å². The van der Waals surface area contributed by atoms with E-state index >= 15 is 0 Å². The number of rotatable bonds is 2. The van der Waals surface area contributed by atoms with Crippen LogP contribution in [0.3, 0.4) is 0 Å². The molecule has 0 fully saturated rings. The van der Waals surface area contributed by atoms with E-state index in [9.17, 15) is 27.9 Å². The summed E-state index contributed by atoms with van der Waals surface area (Å²) >= 11 is -2.42. The van der Waals surface area contributed by atoms with Gasteiger partial charge in [-0.15, -0.1) is 0 Å². The van der Waals surface area contributed by atoms with Gasteiger partial charge >= 0.3 is 0 Å². The Morgan fingerprint density at radius 2 is 1.28 bits per heavy atom. The van der Waals surface area contributed by atoms with Crippen LogP contribution < -0.4 is 22.2 Å². The van der Waals surface area contributed by atoms with Gasteiger partial charge < -0.3 is 4.55 Å². The maximum atomic E-state index is 12.6. The summed E-state index contributed by atoms with van der Waals surface area (Å²) in [6, 6.07) is 7.65. The van der Waals surface area contributed by atoms with Crippen molar-refractivity contribution in [2.75, 3.05) is 0 Å². The number of aromatic amines is 1. The SMILES string of the molecule is O=c1[nH]c(=O)c2cc3c(=O)n(-c4ccc(S(=O)[O-])cc4)c(=O)c3cc12. The van der Waals surface area contributed by atoms with E-state index in [4.69, 9.17) is 0 Å². The maximum Gasteiger partial charge on any atom is 0.266 e. The molecule has 0 saturated heterocycles. The van der Waals surface area contributed by atoms with Crippen LogP contribution in [0.15, 0.2) is 60.5 Å². The summed E-state index contributed by atoms with van der Waals surface area (Å²) < 4.78 is 22.7. The Bertz CT molecular complexity index is 1310. The molecule has 2 aromatic heterocycles. The first-order chi connectivity index (χ1) is 11.9. The Labute approximate surface area is 140 Å². The number of H-pyrrole nitrogens is 1. The highest BCUT2D eigenvalue weighted by Gasteiger charge is 2.17. The Morgan fingerprint density at radius 1 is 0.800 bits per heavy atom. The van der Waals surface area contributed by atoms with Gasteiger partial charge in [0, 0.05) is 4.90 Å². The average Bonchev–Trinajstić information content (AvgIpc) is 3.01. The predicted molar refractivity (Wildman–Crippen MR) is 89.8 cm³/mol. The van der Waals surface area contributed by atoms with Crippen molar-refractivity contribution in [2.24, 2.45) is 0 Å². The van der Waals surface area contributed by atoms with Crippen LogP contribution >= 0.6 is 0 Å². The topological polar surface area (TPSA) is 129 Å². The predicted octanol–water partition coefficient (Wildman–Crippen LogP) is -0.334. The molecular weight excluding hydrogens is 348 g/mol. The van der Waals surface area contributed by atoms with Crippen molar-refractivity contribution in [2.45, 2.75) is 4.90 Å². The average molecular weight is 355 g/mol. The minimum atomic E-state index is -2.42. The highest BCUT2D eigenvalue weighted by atomic mass is 32.2. The molecular formula is C16H7N2O6S-. The van der Waals surface area contributed by atoms with Gasteiger partial charge in [0.25, 0.3) is 22.2 Å². The smallest absolute Gasteiger partial charge is 0.266 e. The summed E-state index contributed by atoms with van der Waals surface area (Å²) in [6.45, 7) is 0. The Morgan fingerprint density at radius 3 is 1.72 bits per heavy atom. The van der Waals surface area contributed by atoms with Gasteiger partial charge in [-0.05, 0) is 47.5 Å². The molecule has 0 aliphatic carbocycles. The lowest BCUT2D eigenvalue weighted by Crippen LogP contribution is -2.23. The fourth-order valence-corrected chi connectivity index (χ4v) is 3.20. The number of aromatic nitrogens is 2. The fraction of sp³-hybridized carbons (Fsp3) is 0. The number of benzene rings is 2. The van der Waals surface area contributed by atoms with Crippen molar-refractivity contribution < 1.29 is 8.76 Å². The molecule has 0 saturated carbocycles. The van der Waals surface area contributed by atoms with Crippen LogP contribution in [0.5, 0.6) is 0 Å². The number of hydrogen-bond acceptors (Lipinski definition) is 6. The van der Waals surface area contributed by atoms with Crippen molar-refractivity contribution in [3.8, 4) is 5.69 Å². The number of hydrogen-bond donors (Lipinski definition) is 1. The van der Waals surface area contributed by atoms with E-state index in [1.165, 1.54) is 36.4 Å². The van der Waals surface area contributed by atoms with E-state index in [-0.39, 0.29) is 32.1 Å². The normalized spacial score (nSPS) is 12.8. The van der Waals surface area contributed by atoms with E-state index in [2.05, 4.69) is 4.98 Å². The Balaban J connectivity index is 2.07. The van der Waals surface area contributed by atoms with Gasteiger partial charge in [-0.2, -0.15) is 0 Å². The molecule has 0 radical (unpaired) electrons. The summed E-state index contributed by atoms with van der Waals surface area (Å²) in [4.78, 5) is 50.7. The number of fused-ring (bicyclic) bond motifs is 2. The third-order valence-electron chi connectivity index (χ3n) is 4.03. The van der Waals surface area contributed by atoms with Crippen LogP contribution in [0.1, 0.15) is 0 Å². The molecule has 2 heterocycles. The van der Waals surface area contributed by atoms with Crippen LogP contribution in [0.4, 0.5) is 0 Å². The standard InChI is InChI=1S/C16H8N2O6S/c19-13-9-5-11-12(6-10(9)14(20)17-13)16(22)18(15(11)21)7-1-3-8(4-2-7)25(23)24/h1-6H,(H,23,24)(H,17,19,20)/p-1. The molecule has 4 rings (SSSR count). The molecule has 0 aliphatic rings. The quantitative estimate of drug-likeness (QED) is 0.490. The second-order valence-corrected chi connectivity index (χ2v) is 6.34. The van der Waals surface area contributed by atoms with Crippen LogP contribution in [-0.2, 0) is 11.1 Å². The van der Waals surface area contributed by atoms with Crippen LogP contribution in [0, 0.1) is 0 Å². The summed E-state index contributed by atoms with van der Waals surface area (Å²) in [5, 5.41) is 0.128. The van der Waals surface area contributed by atoms with Crippen molar-refractivity contribution in [3.63, 3.8) is 0 Å². The Kier molecular flexibility index (Phi) is 3.17. The molecule has 0 bridgehead atoms. The third-order valence-corrected chi connectivity index (χ3v) is 4.69. The first kappa shape index (κ1) is 15.4. The van der Waals surface area contributed by atoms with E-state index < -0.39 is 33.3 Å². The zero-order valence-electron chi connectivity index (χ0n) is 12.3. The van der Waals surface area contributed by atoms with Crippen LogP contribution in [0.25, 0.3) is 27.2 Å². The first-order valence-electron chi connectivity index (χ1n) is 7.00. The highest BCUT2D eigenvalue weighted by Crippen LogP contribution is 2.16. The molecule has 8 nitrogen and oxygen atoms in total. The molecule has 124 valence electrons. The lowest BCUT2D eigenvalue weighted by molar-refractivity contribution is 0.537. The molecule has 4 aromatic rings.